The van der Waals surface area contributed by atoms with Crippen LogP contribution in [0.4, 0.5) is 5.69 Å². The minimum absolute atomic E-state index is 0.640. The second-order valence-electron chi connectivity index (χ2n) is 4.38. The third-order valence-corrected chi connectivity index (χ3v) is 4.26. The summed E-state index contributed by atoms with van der Waals surface area (Å²) in [6.45, 7) is 2.73. The van der Waals surface area contributed by atoms with Crippen molar-refractivity contribution in [2.24, 2.45) is 7.05 Å². The van der Waals surface area contributed by atoms with Crippen LogP contribution in [0, 0.1) is 0 Å². The smallest absolute Gasteiger partial charge is 0.142 e. The number of aromatic nitrogens is 2. The third kappa shape index (κ3) is 3.10. The maximum atomic E-state index is 6.02. The Bertz CT molecular complexity index is 613. The first kappa shape index (κ1) is 15.2. The van der Waals surface area contributed by atoms with Crippen LogP contribution in [0.15, 0.2) is 22.7 Å². The van der Waals surface area contributed by atoms with Crippen LogP contribution in [0.2, 0.25) is 5.02 Å². The number of rotatable bonds is 5. The van der Waals surface area contributed by atoms with Gasteiger partial charge in [0.2, 0.25) is 0 Å². The molecule has 108 valence electrons. The van der Waals surface area contributed by atoms with Gasteiger partial charge in [0.1, 0.15) is 5.75 Å². The minimum Gasteiger partial charge on any atom is -0.495 e. The van der Waals surface area contributed by atoms with E-state index in [-0.39, 0.29) is 0 Å². The summed E-state index contributed by atoms with van der Waals surface area (Å²) >= 11 is 9.63. The van der Waals surface area contributed by atoms with Gasteiger partial charge < -0.3 is 10.1 Å². The number of benzene rings is 1. The van der Waals surface area contributed by atoms with Crippen LogP contribution < -0.4 is 10.1 Å². The zero-order valence-corrected chi connectivity index (χ0v) is 14.0. The molecule has 2 aromatic rings. The molecule has 1 N–H and O–H groups in total. The Morgan fingerprint density at radius 1 is 1.45 bits per heavy atom. The summed E-state index contributed by atoms with van der Waals surface area (Å²) in [4.78, 5) is 0. The Labute approximate surface area is 132 Å². The number of hydrogen-bond acceptors (Lipinski definition) is 3. The molecule has 2 rings (SSSR count). The average molecular weight is 359 g/mol. The van der Waals surface area contributed by atoms with Gasteiger partial charge in [-0.2, -0.15) is 5.10 Å². The van der Waals surface area contributed by atoms with Gasteiger partial charge >= 0.3 is 0 Å². The highest BCUT2D eigenvalue weighted by Gasteiger charge is 2.13. The molecule has 1 aromatic heterocycles. The highest BCUT2D eigenvalue weighted by Crippen LogP contribution is 2.29. The fraction of sp³-hybridized carbons (Fsp3) is 0.357. The highest BCUT2D eigenvalue weighted by molar-refractivity contribution is 9.10. The lowest BCUT2D eigenvalue weighted by Crippen LogP contribution is -2.07. The molecule has 0 unspecified atom stereocenters. The first-order valence-corrected chi connectivity index (χ1v) is 7.51. The molecular weight excluding hydrogens is 342 g/mol. The number of methoxy groups -OCH3 is 1. The van der Waals surface area contributed by atoms with Crippen LogP contribution in [0.5, 0.6) is 5.75 Å². The Hall–Kier alpha value is -1.20. The van der Waals surface area contributed by atoms with E-state index in [9.17, 15) is 0 Å². The summed E-state index contributed by atoms with van der Waals surface area (Å²) < 4.78 is 8.25. The molecule has 20 heavy (non-hydrogen) atoms. The van der Waals surface area contributed by atoms with E-state index in [0.717, 1.165) is 33.7 Å². The number of nitrogens with zero attached hydrogens (tertiary/aromatic N) is 2. The first-order chi connectivity index (χ1) is 9.56. The lowest BCUT2D eigenvalue weighted by atomic mass is 10.2. The van der Waals surface area contributed by atoms with Crippen LogP contribution in [0.3, 0.4) is 0 Å². The van der Waals surface area contributed by atoms with Crippen LogP contribution in [-0.4, -0.2) is 16.9 Å². The molecule has 0 bridgehead atoms. The van der Waals surface area contributed by atoms with Gasteiger partial charge in [-0.3, -0.25) is 4.68 Å². The van der Waals surface area contributed by atoms with Crippen molar-refractivity contribution in [2.75, 3.05) is 12.4 Å². The summed E-state index contributed by atoms with van der Waals surface area (Å²) in [7, 11) is 3.58. The van der Waals surface area contributed by atoms with Crippen molar-refractivity contribution in [1.82, 2.24) is 9.78 Å². The second kappa shape index (κ2) is 6.50. The molecule has 1 aromatic carbocycles. The lowest BCUT2D eigenvalue weighted by Gasteiger charge is -2.12. The van der Waals surface area contributed by atoms with Crippen molar-refractivity contribution >= 4 is 33.2 Å². The van der Waals surface area contributed by atoms with Crippen molar-refractivity contribution in [2.45, 2.75) is 19.9 Å². The number of halogens is 2. The first-order valence-electron chi connectivity index (χ1n) is 6.34. The van der Waals surface area contributed by atoms with E-state index < -0.39 is 0 Å². The number of aryl methyl sites for hydroxylation is 2. The molecule has 0 aliphatic rings. The molecule has 0 amide bonds. The maximum absolute atomic E-state index is 6.02. The van der Waals surface area contributed by atoms with Gasteiger partial charge in [0, 0.05) is 12.1 Å². The van der Waals surface area contributed by atoms with Crippen LogP contribution in [0.1, 0.15) is 18.3 Å². The SMILES string of the molecule is CCc1nn(C)c(CNc2cc(Cl)ccc2OC)c1Br. The van der Waals surface area contributed by atoms with E-state index >= 15 is 0 Å². The van der Waals surface area contributed by atoms with Crippen molar-refractivity contribution in [1.29, 1.82) is 0 Å². The van der Waals surface area contributed by atoms with Gasteiger partial charge in [0.15, 0.2) is 0 Å². The van der Waals surface area contributed by atoms with E-state index in [0.29, 0.717) is 11.6 Å². The molecule has 0 atom stereocenters. The molecule has 0 aliphatic heterocycles. The molecular formula is C14H17BrClN3O. The second-order valence-corrected chi connectivity index (χ2v) is 5.61. The maximum Gasteiger partial charge on any atom is 0.142 e. The molecule has 0 spiro atoms. The lowest BCUT2D eigenvalue weighted by molar-refractivity contribution is 0.416. The number of ether oxygens (including phenoxy) is 1. The van der Waals surface area contributed by atoms with Gasteiger partial charge in [-0.1, -0.05) is 18.5 Å². The van der Waals surface area contributed by atoms with E-state index in [1.54, 1.807) is 13.2 Å². The fourth-order valence-electron chi connectivity index (χ4n) is 2.01. The van der Waals surface area contributed by atoms with Gasteiger partial charge in [0.25, 0.3) is 0 Å². The quantitative estimate of drug-likeness (QED) is 0.877. The molecule has 0 radical (unpaired) electrons. The molecule has 0 fully saturated rings. The fourth-order valence-corrected chi connectivity index (χ4v) is 2.94. The zero-order chi connectivity index (χ0) is 14.7. The monoisotopic (exact) mass is 357 g/mol. The number of anilines is 1. The summed E-state index contributed by atoms with van der Waals surface area (Å²) in [6, 6.07) is 5.51. The molecule has 0 saturated carbocycles. The Morgan fingerprint density at radius 3 is 2.80 bits per heavy atom. The van der Waals surface area contributed by atoms with Crippen LogP contribution in [0.25, 0.3) is 0 Å². The average Bonchev–Trinajstić information content (AvgIpc) is 2.71. The van der Waals surface area contributed by atoms with Crippen molar-refractivity contribution < 1.29 is 4.74 Å². The van der Waals surface area contributed by atoms with Gasteiger partial charge in [0.05, 0.1) is 35.2 Å². The van der Waals surface area contributed by atoms with Crippen LogP contribution in [-0.2, 0) is 20.0 Å². The summed E-state index contributed by atoms with van der Waals surface area (Å²) in [5.41, 5.74) is 3.01. The Kier molecular flexibility index (Phi) is 4.94. The van der Waals surface area contributed by atoms with E-state index in [1.165, 1.54) is 0 Å². The third-order valence-electron chi connectivity index (χ3n) is 3.11. The van der Waals surface area contributed by atoms with Crippen molar-refractivity contribution in [3.8, 4) is 5.75 Å². The Morgan fingerprint density at radius 2 is 2.20 bits per heavy atom. The van der Waals surface area contributed by atoms with Crippen LogP contribution >= 0.6 is 27.5 Å². The molecule has 1 heterocycles. The number of hydrogen-bond donors (Lipinski definition) is 1. The molecule has 0 aliphatic carbocycles. The van der Waals surface area contributed by atoms with E-state index in [2.05, 4.69) is 33.3 Å². The minimum atomic E-state index is 0.640. The zero-order valence-electron chi connectivity index (χ0n) is 11.7. The normalized spacial score (nSPS) is 10.7. The number of nitrogens with one attached hydrogen (secondary N) is 1. The molecule has 0 saturated heterocycles. The highest BCUT2D eigenvalue weighted by atomic mass is 79.9. The van der Waals surface area contributed by atoms with E-state index in [1.807, 2.05) is 23.9 Å². The van der Waals surface area contributed by atoms with Crippen molar-refractivity contribution in [3.05, 3.63) is 39.1 Å². The standard InChI is InChI=1S/C14H17BrClN3O/c1-4-10-14(15)12(19(2)18-10)8-17-11-7-9(16)5-6-13(11)20-3/h5-7,17H,4,8H2,1-3H3. The van der Waals surface area contributed by atoms with Gasteiger partial charge in [-0.05, 0) is 40.5 Å². The predicted octanol–water partition coefficient (Wildman–Crippen LogP) is 4.02. The Balaban J connectivity index is 2.21. The van der Waals surface area contributed by atoms with Crippen molar-refractivity contribution in [3.63, 3.8) is 0 Å². The summed E-state index contributed by atoms with van der Waals surface area (Å²) in [5, 5.41) is 8.49. The topological polar surface area (TPSA) is 39.1 Å². The summed E-state index contributed by atoms with van der Waals surface area (Å²) in [5.74, 6) is 0.767. The largest absolute Gasteiger partial charge is 0.495 e. The summed E-state index contributed by atoms with van der Waals surface area (Å²) in [6.07, 6.45) is 0.898. The van der Waals surface area contributed by atoms with E-state index in [4.69, 9.17) is 16.3 Å². The van der Waals surface area contributed by atoms with Gasteiger partial charge in [-0.15, -0.1) is 0 Å². The molecule has 4 nitrogen and oxygen atoms in total. The van der Waals surface area contributed by atoms with Gasteiger partial charge in [-0.25, -0.2) is 0 Å². The molecule has 6 heteroatoms. The predicted molar refractivity (Wildman–Crippen MR) is 85.6 cm³/mol.